The molecular weight excluding hydrogens is 124 g/mol. The van der Waals surface area contributed by atoms with Crippen LogP contribution in [0.2, 0.25) is 0 Å². The fraction of sp³-hybridized carbons (Fsp3) is 0.200. The molecule has 0 aliphatic carbocycles. The Hall–Kier alpha value is -1.32. The van der Waals surface area contributed by atoms with Gasteiger partial charge in [-0.3, -0.25) is 4.79 Å². The number of rotatable bonds is 3. The summed E-state index contributed by atoms with van der Waals surface area (Å²) < 4.78 is 0. The summed E-state index contributed by atoms with van der Waals surface area (Å²) in [5.74, 6) is -2.32. The standard InChI is InChI=1S/C5H5O4/c6-4(7)2-1-3-5(8)9/h1H,2H2,(H,6,7)(H,8,9). The van der Waals surface area contributed by atoms with Crippen LogP contribution < -0.4 is 0 Å². The van der Waals surface area contributed by atoms with E-state index in [9.17, 15) is 9.59 Å². The van der Waals surface area contributed by atoms with E-state index in [-0.39, 0.29) is 6.42 Å². The Labute approximate surface area is 51.4 Å². The van der Waals surface area contributed by atoms with Crippen molar-refractivity contribution in [3.63, 3.8) is 0 Å². The third-order valence-corrected chi connectivity index (χ3v) is 0.502. The zero-order valence-corrected chi connectivity index (χ0v) is 4.50. The van der Waals surface area contributed by atoms with Gasteiger partial charge in [-0.05, 0) is 0 Å². The summed E-state index contributed by atoms with van der Waals surface area (Å²) in [6, 6.07) is 0. The molecule has 0 amide bonds. The fourth-order valence-corrected chi connectivity index (χ4v) is 0.226. The van der Waals surface area contributed by atoms with Crippen molar-refractivity contribution >= 4 is 11.9 Å². The predicted molar refractivity (Wildman–Crippen MR) is 27.7 cm³/mol. The third kappa shape index (κ3) is 6.68. The van der Waals surface area contributed by atoms with Crippen LogP contribution in [0.1, 0.15) is 6.42 Å². The predicted octanol–water partition coefficient (Wildman–Crippen LogP) is -0.0949. The molecule has 1 radical (unpaired) electrons. The summed E-state index contributed by atoms with van der Waals surface area (Å²) in [5, 5.41) is 15.9. The summed E-state index contributed by atoms with van der Waals surface area (Å²) in [6.07, 6.45) is 2.44. The van der Waals surface area contributed by atoms with Crippen LogP contribution in [0.25, 0.3) is 0 Å². The van der Waals surface area contributed by atoms with E-state index in [0.29, 0.717) is 0 Å². The Kier molecular flexibility index (Phi) is 3.12. The van der Waals surface area contributed by atoms with Crippen LogP contribution in [0.3, 0.4) is 0 Å². The summed E-state index contributed by atoms with van der Waals surface area (Å²) >= 11 is 0. The molecule has 4 nitrogen and oxygen atoms in total. The molecule has 0 aromatic heterocycles. The maximum Gasteiger partial charge on any atom is 0.336 e. The molecule has 0 aliphatic heterocycles. The molecule has 4 heteroatoms. The van der Waals surface area contributed by atoms with Crippen LogP contribution in [0, 0.1) is 6.08 Å². The van der Waals surface area contributed by atoms with Crippen LogP contribution >= 0.6 is 0 Å². The second-order valence-electron chi connectivity index (χ2n) is 1.25. The van der Waals surface area contributed by atoms with Gasteiger partial charge in [0.1, 0.15) is 0 Å². The lowest BCUT2D eigenvalue weighted by atomic mass is 10.4. The lowest BCUT2D eigenvalue weighted by Crippen LogP contribution is -1.92. The van der Waals surface area contributed by atoms with Crippen molar-refractivity contribution < 1.29 is 19.8 Å². The molecule has 0 aromatic carbocycles. The molecule has 0 heterocycles. The first-order valence-corrected chi connectivity index (χ1v) is 2.16. The van der Waals surface area contributed by atoms with Crippen LogP contribution in [0.15, 0.2) is 6.08 Å². The van der Waals surface area contributed by atoms with Gasteiger partial charge in [0.15, 0.2) is 0 Å². The highest BCUT2D eigenvalue weighted by atomic mass is 16.4. The van der Waals surface area contributed by atoms with E-state index < -0.39 is 11.9 Å². The molecule has 0 bridgehead atoms. The molecular formula is C5H5O4. The van der Waals surface area contributed by atoms with Crippen molar-refractivity contribution in [1.29, 1.82) is 0 Å². The lowest BCUT2D eigenvalue weighted by Gasteiger charge is -1.79. The van der Waals surface area contributed by atoms with Gasteiger partial charge in [-0.1, -0.05) is 6.08 Å². The van der Waals surface area contributed by atoms with Gasteiger partial charge >= 0.3 is 11.9 Å². The number of carbonyl (C=O) groups is 2. The van der Waals surface area contributed by atoms with E-state index in [1.54, 1.807) is 6.08 Å². The quantitative estimate of drug-likeness (QED) is 0.522. The number of hydrogen-bond acceptors (Lipinski definition) is 2. The lowest BCUT2D eigenvalue weighted by molar-refractivity contribution is -0.136. The van der Waals surface area contributed by atoms with Gasteiger partial charge in [-0.15, -0.1) is 0 Å². The summed E-state index contributed by atoms with van der Waals surface area (Å²) in [4.78, 5) is 19.4. The van der Waals surface area contributed by atoms with E-state index in [2.05, 4.69) is 0 Å². The maximum atomic E-state index is 9.72. The van der Waals surface area contributed by atoms with Crippen molar-refractivity contribution in [1.82, 2.24) is 0 Å². The van der Waals surface area contributed by atoms with Gasteiger partial charge < -0.3 is 10.2 Å². The van der Waals surface area contributed by atoms with Crippen molar-refractivity contribution in [2.24, 2.45) is 0 Å². The summed E-state index contributed by atoms with van der Waals surface area (Å²) in [7, 11) is 0. The zero-order chi connectivity index (χ0) is 7.28. The Morgan fingerprint density at radius 3 is 2.33 bits per heavy atom. The molecule has 0 saturated heterocycles. The molecule has 0 unspecified atom stereocenters. The average molecular weight is 129 g/mol. The maximum absolute atomic E-state index is 9.72. The van der Waals surface area contributed by atoms with Crippen molar-refractivity contribution in [2.45, 2.75) is 6.42 Å². The van der Waals surface area contributed by atoms with E-state index in [1.165, 1.54) is 0 Å². The van der Waals surface area contributed by atoms with Gasteiger partial charge in [0, 0.05) is 0 Å². The molecule has 9 heavy (non-hydrogen) atoms. The minimum atomic E-state index is -1.25. The van der Waals surface area contributed by atoms with Gasteiger partial charge in [-0.2, -0.15) is 0 Å². The van der Waals surface area contributed by atoms with Crippen LogP contribution in [0.4, 0.5) is 0 Å². The smallest absolute Gasteiger partial charge is 0.336 e. The molecule has 0 aromatic rings. The highest BCUT2D eigenvalue weighted by Gasteiger charge is 1.91. The average Bonchev–Trinajstić information content (AvgIpc) is 1.63. The van der Waals surface area contributed by atoms with Crippen LogP contribution in [0.5, 0.6) is 0 Å². The number of aliphatic carboxylic acids is 2. The minimum Gasteiger partial charge on any atom is -0.481 e. The van der Waals surface area contributed by atoms with Gasteiger partial charge in [0.05, 0.1) is 12.5 Å². The first-order valence-electron chi connectivity index (χ1n) is 2.16. The molecule has 0 fully saturated rings. The molecule has 0 saturated carbocycles. The third-order valence-electron chi connectivity index (χ3n) is 0.502. The Morgan fingerprint density at radius 1 is 1.44 bits per heavy atom. The first-order chi connectivity index (χ1) is 4.13. The molecule has 49 valence electrons. The zero-order valence-electron chi connectivity index (χ0n) is 4.50. The van der Waals surface area contributed by atoms with Crippen LogP contribution in [-0.2, 0) is 9.59 Å². The first kappa shape index (κ1) is 7.68. The molecule has 2 N–H and O–H groups in total. The number of carboxylic acids is 2. The summed E-state index contributed by atoms with van der Waals surface area (Å²) in [5.41, 5.74) is 0. The Bertz CT molecular complexity index is 147. The number of carboxylic acid groups (broad SMARTS) is 2. The van der Waals surface area contributed by atoms with E-state index in [0.717, 1.165) is 6.08 Å². The molecule has 0 aliphatic rings. The van der Waals surface area contributed by atoms with E-state index in [4.69, 9.17) is 10.2 Å². The minimum absolute atomic E-state index is 0.299. The van der Waals surface area contributed by atoms with Gasteiger partial charge in [0.2, 0.25) is 0 Å². The van der Waals surface area contributed by atoms with Gasteiger partial charge in [0.25, 0.3) is 0 Å². The fourth-order valence-electron chi connectivity index (χ4n) is 0.226. The molecule has 0 spiro atoms. The largest absolute Gasteiger partial charge is 0.481 e. The second-order valence-corrected chi connectivity index (χ2v) is 1.25. The highest BCUT2D eigenvalue weighted by Crippen LogP contribution is 1.80. The molecule has 0 rings (SSSR count). The van der Waals surface area contributed by atoms with E-state index >= 15 is 0 Å². The molecule has 0 atom stereocenters. The van der Waals surface area contributed by atoms with Crippen molar-refractivity contribution in [3.8, 4) is 0 Å². The monoisotopic (exact) mass is 129 g/mol. The van der Waals surface area contributed by atoms with E-state index in [1.807, 2.05) is 0 Å². The van der Waals surface area contributed by atoms with Crippen molar-refractivity contribution in [3.05, 3.63) is 12.2 Å². The van der Waals surface area contributed by atoms with Crippen molar-refractivity contribution in [2.75, 3.05) is 0 Å². The Balaban J connectivity index is 3.48. The van der Waals surface area contributed by atoms with Gasteiger partial charge in [-0.25, -0.2) is 4.79 Å². The second kappa shape index (κ2) is 3.65. The topological polar surface area (TPSA) is 74.6 Å². The highest BCUT2D eigenvalue weighted by molar-refractivity contribution is 5.76. The van der Waals surface area contributed by atoms with Crippen LogP contribution in [-0.4, -0.2) is 22.2 Å². The Morgan fingerprint density at radius 2 is 2.00 bits per heavy atom. The normalized spacial score (nSPS) is 9.78. The summed E-state index contributed by atoms with van der Waals surface area (Å²) in [6.45, 7) is 0. The number of hydrogen-bond donors (Lipinski definition) is 2. The SMILES string of the molecule is O=C(O)/[C]=C/CC(=O)O.